The molecular formula is C17H15FN2O2S. The van der Waals surface area contributed by atoms with Crippen LogP contribution in [0.2, 0.25) is 0 Å². The highest BCUT2D eigenvalue weighted by molar-refractivity contribution is 7.85. The summed E-state index contributed by atoms with van der Waals surface area (Å²) in [7, 11) is 0.479. The molecule has 0 aliphatic heterocycles. The van der Waals surface area contributed by atoms with Gasteiger partial charge in [-0.1, -0.05) is 12.1 Å². The van der Waals surface area contributed by atoms with E-state index in [0.29, 0.717) is 16.5 Å². The van der Waals surface area contributed by atoms with E-state index in [1.165, 1.54) is 22.8 Å². The summed E-state index contributed by atoms with van der Waals surface area (Å²) in [5.41, 5.74) is 2.08. The molecule has 1 N–H and O–H groups in total. The van der Waals surface area contributed by atoms with Gasteiger partial charge >= 0.3 is 0 Å². The average molecular weight is 330 g/mol. The molecule has 4 nitrogen and oxygen atoms in total. The smallest absolute Gasteiger partial charge is 0.258 e. The summed E-state index contributed by atoms with van der Waals surface area (Å²) in [6, 6.07) is 11.5. The van der Waals surface area contributed by atoms with Crippen LogP contribution in [0.4, 0.5) is 10.1 Å². The van der Waals surface area contributed by atoms with Crippen LogP contribution >= 0.6 is 0 Å². The molecule has 6 heteroatoms. The van der Waals surface area contributed by atoms with Gasteiger partial charge in [-0.05, 0) is 41.3 Å². The van der Waals surface area contributed by atoms with E-state index in [-0.39, 0.29) is 5.56 Å². The first kappa shape index (κ1) is 15.4. The van der Waals surface area contributed by atoms with Gasteiger partial charge in [0.05, 0.1) is 0 Å². The van der Waals surface area contributed by atoms with Crippen molar-refractivity contribution in [3.05, 3.63) is 64.8 Å². The van der Waals surface area contributed by atoms with Gasteiger partial charge in [0.2, 0.25) is 0 Å². The lowest BCUT2D eigenvalue weighted by atomic mass is 10.00. The van der Waals surface area contributed by atoms with E-state index in [4.69, 9.17) is 0 Å². The predicted molar refractivity (Wildman–Crippen MR) is 92.3 cm³/mol. The monoisotopic (exact) mass is 330 g/mol. The van der Waals surface area contributed by atoms with Gasteiger partial charge in [-0.2, -0.15) is 0 Å². The van der Waals surface area contributed by atoms with Gasteiger partial charge < -0.3 is 9.29 Å². The van der Waals surface area contributed by atoms with Crippen LogP contribution in [0.5, 0.6) is 0 Å². The molecule has 3 rings (SSSR count). The van der Waals surface area contributed by atoms with Crippen LogP contribution in [-0.4, -0.2) is 15.0 Å². The third kappa shape index (κ3) is 3.03. The highest BCUT2D eigenvalue weighted by Crippen LogP contribution is 2.29. The molecule has 2 aromatic carbocycles. The molecule has 0 aliphatic carbocycles. The van der Waals surface area contributed by atoms with Gasteiger partial charge in [0.1, 0.15) is 16.8 Å². The maximum absolute atomic E-state index is 13.7. The van der Waals surface area contributed by atoms with Crippen molar-refractivity contribution in [2.75, 3.05) is 11.0 Å². The van der Waals surface area contributed by atoms with Crippen molar-refractivity contribution >= 4 is 27.4 Å². The van der Waals surface area contributed by atoms with E-state index in [9.17, 15) is 13.4 Å². The molecule has 0 spiro atoms. The summed E-state index contributed by atoms with van der Waals surface area (Å²) in [4.78, 5) is 12.2. The normalized spacial score (nSPS) is 12.3. The van der Waals surface area contributed by atoms with Crippen LogP contribution < -0.4 is 10.3 Å². The predicted octanol–water partition coefficient (Wildman–Crippen LogP) is 3.05. The van der Waals surface area contributed by atoms with Crippen LogP contribution in [0.15, 0.2) is 53.5 Å². The minimum absolute atomic E-state index is 0.173. The summed E-state index contributed by atoms with van der Waals surface area (Å²) in [5, 5.41) is 1.02. The van der Waals surface area contributed by atoms with E-state index >= 15 is 0 Å². The Morgan fingerprint density at radius 2 is 1.91 bits per heavy atom. The van der Waals surface area contributed by atoms with Gasteiger partial charge in [-0.3, -0.25) is 4.79 Å². The van der Waals surface area contributed by atoms with Crippen LogP contribution in [-0.2, 0) is 18.0 Å². The van der Waals surface area contributed by atoms with E-state index in [0.717, 1.165) is 11.1 Å². The lowest BCUT2D eigenvalue weighted by molar-refractivity contribution is 0.629. The number of rotatable bonds is 3. The summed E-state index contributed by atoms with van der Waals surface area (Å²) in [6.07, 6.45) is 3.23. The second-order valence-electron chi connectivity index (χ2n) is 5.29. The van der Waals surface area contributed by atoms with Crippen LogP contribution in [0.1, 0.15) is 0 Å². The van der Waals surface area contributed by atoms with Gasteiger partial charge in [-0.15, -0.1) is 0 Å². The largest absolute Gasteiger partial charge is 0.317 e. The zero-order valence-electron chi connectivity index (χ0n) is 12.7. The molecule has 23 heavy (non-hydrogen) atoms. The fourth-order valence-corrected chi connectivity index (χ4v) is 3.04. The number of hydrogen-bond donors (Lipinski definition) is 1. The van der Waals surface area contributed by atoms with Crippen molar-refractivity contribution in [2.24, 2.45) is 7.05 Å². The number of halogens is 1. The van der Waals surface area contributed by atoms with Crippen molar-refractivity contribution in [1.82, 2.24) is 4.57 Å². The second-order valence-corrected chi connectivity index (χ2v) is 6.40. The first-order valence-electron chi connectivity index (χ1n) is 6.95. The SMILES string of the molecule is Cn1cc(-c2cccc(NS(C)=O)c2)c2cc(F)ccc2c1=O. The number of fused-ring (bicyclic) bond motifs is 1. The number of aromatic nitrogens is 1. The molecule has 0 saturated heterocycles. The van der Waals surface area contributed by atoms with E-state index in [2.05, 4.69) is 4.72 Å². The summed E-state index contributed by atoms with van der Waals surface area (Å²) in [6.45, 7) is 0. The summed E-state index contributed by atoms with van der Waals surface area (Å²) in [5.74, 6) is -0.393. The van der Waals surface area contributed by atoms with E-state index in [1.54, 1.807) is 25.6 Å². The Hall–Kier alpha value is -2.47. The Bertz CT molecular complexity index is 982. The number of nitrogens with one attached hydrogen (secondary N) is 1. The number of nitrogens with zero attached hydrogens (tertiary/aromatic N) is 1. The van der Waals surface area contributed by atoms with Crippen molar-refractivity contribution in [1.29, 1.82) is 0 Å². The third-order valence-electron chi connectivity index (χ3n) is 3.58. The van der Waals surface area contributed by atoms with E-state index < -0.39 is 16.8 Å². The molecule has 3 aromatic rings. The van der Waals surface area contributed by atoms with Gasteiger partial charge in [-0.25, -0.2) is 8.60 Å². The first-order chi connectivity index (χ1) is 11.0. The van der Waals surface area contributed by atoms with Gasteiger partial charge in [0, 0.05) is 36.1 Å². The number of aryl methyl sites for hydroxylation is 1. The minimum atomic E-state index is -1.19. The van der Waals surface area contributed by atoms with Crippen LogP contribution in [0.3, 0.4) is 0 Å². The molecule has 118 valence electrons. The quantitative estimate of drug-likeness (QED) is 0.802. The molecule has 0 aliphatic rings. The summed E-state index contributed by atoms with van der Waals surface area (Å²) >= 11 is 0. The standard InChI is InChI=1S/C17H15FN2O2S/c1-20-10-16(11-4-3-5-13(8-11)19-23(2)22)15-9-12(18)6-7-14(15)17(20)21/h3-10,19H,1-2H3. The lowest BCUT2D eigenvalue weighted by Gasteiger charge is -2.11. The fourth-order valence-electron chi connectivity index (χ4n) is 2.58. The van der Waals surface area contributed by atoms with Crippen molar-refractivity contribution in [3.8, 4) is 11.1 Å². The molecule has 0 radical (unpaired) electrons. The number of anilines is 1. The molecule has 1 unspecified atom stereocenters. The molecule has 1 aromatic heterocycles. The topological polar surface area (TPSA) is 51.1 Å². The molecule has 0 bridgehead atoms. The molecule has 0 saturated carbocycles. The number of pyridine rings is 1. The Morgan fingerprint density at radius 1 is 1.13 bits per heavy atom. The van der Waals surface area contributed by atoms with Crippen molar-refractivity contribution < 1.29 is 8.60 Å². The van der Waals surface area contributed by atoms with Crippen molar-refractivity contribution in [2.45, 2.75) is 0 Å². The highest BCUT2D eigenvalue weighted by Gasteiger charge is 2.10. The Kier molecular flexibility index (Phi) is 4.00. The van der Waals surface area contributed by atoms with Crippen LogP contribution in [0.25, 0.3) is 21.9 Å². The summed E-state index contributed by atoms with van der Waals surface area (Å²) < 4.78 is 29.3. The van der Waals surface area contributed by atoms with Crippen LogP contribution in [0, 0.1) is 5.82 Å². The fraction of sp³-hybridized carbons (Fsp3) is 0.118. The Labute approximate surface area is 135 Å². The van der Waals surface area contributed by atoms with Gasteiger partial charge in [0.25, 0.3) is 5.56 Å². The molecular weight excluding hydrogens is 315 g/mol. The van der Waals surface area contributed by atoms with Crippen molar-refractivity contribution in [3.63, 3.8) is 0 Å². The number of hydrogen-bond acceptors (Lipinski definition) is 2. The second kappa shape index (κ2) is 5.96. The lowest BCUT2D eigenvalue weighted by Crippen LogP contribution is -2.16. The average Bonchev–Trinajstić information content (AvgIpc) is 2.50. The first-order valence-corrected chi connectivity index (χ1v) is 8.51. The molecule has 0 fully saturated rings. The Morgan fingerprint density at radius 3 is 2.65 bits per heavy atom. The molecule has 1 heterocycles. The van der Waals surface area contributed by atoms with E-state index in [1.807, 2.05) is 18.2 Å². The zero-order valence-corrected chi connectivity index (χ0v) is 13.5. The third-order valence-corrected chi connectivity index (χ3v) is 4.10. The maximum Gasteiger partial charge on any atom is 0.258 e. The number of benzene rings is 2. The molecule has 1 atom stereocenters. The minimum Gasteiger partial charge on any atom is -0.317 e. The van der Waals surface area contributed by atoms with Gasteiger partial charge in [0.15, 0.2) is 0 Å². The maximum atomic E-state index is 13.7. The molecule has 0 amide bonds. The highest BCUT2D eigenvalue weighted by atomic mass is 32.2. The zero-order chi connectivity index (χ0) is 16.6. The Balaban J connectivity index is 2.28.